The van der Waals surface area contributed by atoms with Crippen LogP contribution in [0.1, 0.15) is 25.1 Å². The summed E-state index contributed by atoms with van der Waals surface area (Å²) in [6, 6.07) is 9.28. The van der Waals surface area contributed by atoms with Crippen molar-refractivity contribution in [2.45, 2.75) is 32.9 Å². The van der Waals surface area contributed by atoms with Gasteiger partial charge in [-0.3, -0.25) is 4.90 Å². The lowest BCUT2D eigenvalue weighted by atomic mass is 10.0. The zero-order chi connectivity index (χ0) is 11.1. The molecule has 0 aliphatic carbocycles. The van der Waals surface area contributed by atoms with Crippen LogP contribution in [-0.4, -0.2) is 22.5 Å². The Kier molecular flexibility index (Phi) is 2.25. The summed E-state index contributed by atoms with van der Waals surface area (Å²) in [6.45, 7) is 6.83. The molecule has 84 valence electrons. The molecule has 1 aromatic heterocycles. The molecule has 0 saturated carbocycles. The highest BCUT2D eigenvalue weighted by Crippen LogP contribution is 2.28. The Morgan fingerprint density at radius 1 is 1.25 bits per heavy atom. The lowest BCUT2D eigenvalue weighted by Crippen LogP contribution is -2.35. The highest BCUT2D eigenvalue weighted by atomic mass is 15.2. The first kappa shape index (κ1) is 9.91. The standard InChI is InChI=1S/C14H18N2/c1-10(2)16-8-7-14-12(9-16)11-5-3-4-6-13(11)15-14/h3-6,10,15H,7-9H2,1-2H3. The van der Waals surface area contributed by atoms with Crippen molar-refractivity contribution in [2.75, 3.05) is 6.54 Å². The van der Waals surface area contributed by atoms with Crippen molar-refractivity contribution < 1.29 is 0 Å². The number of hydrogen-bond donors (Lipinski definition) is 1. The summed E-state index contributed by atoms with van der Waals surface area (Å²) in [4.78, 5) is 6.09. The third-order valence-electron chi connectivity index (χ3n) is 3.64. The van der Waals surface area contributed by atoms with Crippen molar-refractivity contribution in [1.29, 1.82) is 0 Å². The molecule has 0 spiro atoms. The second-order valence-electron chi connectivity index (χ2n) is 4.94. The summed E-state index contributed by atoms with van der Waals surface area (Å²) in [5.41, 5.74) is 4.24. The Labute approximate surface area is 96.3 Å². The van der Waals surface area contributed by atoms with Crippen molar-refractivity contribution in [3.05, 3.63) is 35.5 Å². The van der Waals surface area contributed by atoms with Crippen LogP contribution in [-0.2, 0) is 13.0 Å². The number of hydrogen-bond acceptors (Lipinski definition) is 1. The van der Waals surface area contributed by atoms with E-state index in [1.54, 1.807) is 0 Å². The molecular formula is C14H18N2. The van der Waals surface area contributed by atoms with Gasteiger partial charge < -0.3 is 4.98 Å². The summed E-state index contributed by atoms with van der Waals surface area (Å²) in [5, 5.41) is 1.41. The minimum Gasteiger partial charge on any atom is -0.358 e. The van der Waals surface area contributed by atoms with Crippen molar-refractivity contribution in [3.8, 4) is 0 Å². The monoisotopic (exact) mass is 214 g/mol. The molecule has 1 N–H and O–H groups in total. The predicted octanol–water partition coefficient (Wildman–Crippen LogP) is 2.93. The average molecular weight is 214 g/mol. The maximum absolute atomic E-state index is 3.55. The Morgan fingerprint density at radius 3 is 2.88 bits per heavy atom. The zero-order valence-electron chi connectivity index (χ0n) is 9.96. The molecule has 1 aromatic carbocycles. The van der Waals surface area contributed by atoms with Gasteiger partial charge >= 0.3 is 0 Å². The number of nitrogens with one attached hydrogen (secondary N) is 1. The first-order chi connectivity index (χ1) is 7.75. The predicted molar refractivity (Wildman–Crippen MR) is 67.5 cm³/mol. The van der Waals surface area contributed by atoms with Crippen molar-refractivity contribution in [2.24, 2.45) is 0 Å². The smallest absolute Gasteiger partial charge is 0.0459 e. The van der Waals surface area contributed by atoms with Gasteiger partial charge in [-0.25, -0.2) is 0 Å². The molecule has 0 bridgehead atoms. The van der Waals surface area contributed by atoms with E-state index in [1.807, 2.05) is 0 Å². The molecule has 2 heterocycles. The molecule has 0 radical (unpaired) electrons. The fourth-order valence-electron chi connectivity index (χ4n) is 2.63. The lowest BCUT2D eigenvalue weighted by Gasteiger charge is -2.30. The van der Waals surface area contributed by atoms with Crippen LogP contribution in [0.2, 0.25) is 0 Å². The van der Waals surface area contributed by atoms with E-state index < -0.39 is 0 Å². The number of rotatable bonds is 1. The van der Waals surface area contributed by atoms with Crippen LogP contribution in [0.25, 0.3) is 10.9 Å². The molecular weight excluding hydrogens is 196 g/mol. The number of aromatic amines is 1. The minimum absolute atomic E-state index is 0.641. The Hall–Kier alpha value is -1.28. The van der Waals surface area contributed by atoms with Gasteiger partial charge in [0.15, 0.2) is 0 Å². The molecule has 16 heavy (non-hydrogen) atoms. The van der Waals surface area contributed by atoms with Crippen LogP contribution in [0.3, 0.4) is 0 Å². The Balaban J connectivity index is 2.08. The molecule has 2 nitrogen and oxygen atoms in total. The maximum Gasteiger partial charge on any atom is 0.0459 e. The molecule has 2 aromatic rings. The summed E-state index contributed by atoms with van der Waals surface area (Å²) in [6.07, 6.45) is 1.15. The fourth-order valence-corrected chi connectivity index (χ4v) is 2.63. The Bertz CT molecular complexity index is 510. The van der Waals surface area contributed by atoms with Crippen LogP contribution < -0.4 is 0 Å². The number of fused-ring (bicyclic) bond motifs is 3. The molecule has 0 amide bonds. The summed E-state index contributed by atoms with van der Waals surface area (Å²) in [7, 11) is 0. The van der Waals surface area contributed by atoms with Gasteiger partial charge in [-0.2, -0.15) is 0 Å². The highest BCUT2D eigenvalue weighted by molar-refractivity contribution is 5.84. The first-order valence-electron chi connectivity index (χ1n) is 6.08. The van der Waals surface area contributed by atoms with Gasteiger partial charge in [0.1, 0.15) is 0 Å². The van der Waals surface area contributed by atoms with Gasteiger partial charge in [0.25, 0.3) is 0 Å². The molecule has 3 rings (SSSR count). The van der Waals surface area contributed by atoms with Crippen LogP contribution in [0.4, 0.5) is 0 Å². The number of benzene rings is 1. The van der Waals surface area contributed by atoms with E-state index >= 15 is 0 Å². The van der Waals surface area contributed by atoms with Gasteiger partial charge in [-0.1, -0.05) is 18.2 Å². The van der Waals surface area contributed by atoms with E-state index in [9.17, 15) is 0 Å². The van der Waals surface area contributed by atoms with E-state index in [-0.39, 0.29) is 0 Å². The third-order valence-corrected chi connectivity index (χ3v) is 3.64. The van der Waals surface area contributed by atoms with Crippen LogP contribution in [0.5, 0.6) is 0 Å². The number of para-hydroxylation sites is 1. The molecule has 0 saturated heterocycles. The van der Waals surface area contributed by atoms with Gasteiger partial charge in [-0.15, -0.1) is 0 Å². The van der Waals surface area contributed by atoms with E-state index in [2.05, 4.69) is 48.0 Å². The highest BCUT2D eigenvalue weighted by Gasteiger charge is 2.21. The van der Waals surface area contributed by atoms with Crippen LogP contribution in [0, 0.1) is 0 Å². The first-order valence-corrected chi connectivity index (χ1v) is 6.08. The second kappa shape index (κ2) is 3.63. The SMILES string of the molecule is CC(C)N1CCc2[nH]c3ccccc3c2C1. The van der Waals surface area contributed by atoms with Crippen molar-refractivity contribution in [1.82, 2.24) is 9.88 Å². The molecule has 0 fully saturated rings. The Morgan fingerprint density at radius 2 is 2.06 bits per heavy atom. The van der Waals surface area contributed by atoms with Gasteiger partial charge in [0.05, 0.1) is 0 Å². The summed E-state index contributed by atoms with van der Waals surface area (Å²) < 4.78 is 0. The number of nitrogens with zero attached hydrogens (tertiary/aromatic N) is 1. The fraction of sp³-hybridized carbons (Fsp3) is 0.429. The second-order valence-corrected chi connectivity index (χ2v) is 4.94. The molecule has 1 aliphatic heterocycles. The van der Waals surface area contributed by atoms with E-state index in [0.29, 0.717) is 6.04 Å². The van der Waals surface area contributed by atoms with Crippen molar-refractivity contribution >= 4 is 10.9 Å². The molecule has 0 atom stereocenters. The molecule has 2 heteroatoms. The van der Waals surface area contributed by atoms with E-state index in [4.69, 9.17) is 0 Å². The normalized spacial score (nSPS) is 16.9. The average Bonchev–Trinajstić information content (AvgIpc) is 2.66. The lowest BCUT2D eigenvalue weighted by molar-refractivity contribution is 0.203. The number of H-pyrrole nitrogens is 1. The van der Waals surface area contributed by atoms with Crippen molar-refractivity contribution in [3.63, 3.8) is 0 Å². The van der Waals surface area contributed by atoms with Gasteiger partial charge in [-0.05, 0) is 25.5 Å². The minimum atomic E-state index is 0.641. The van der Waals surface area contributed by atoms with E-state index in [1.165, 1.54) is 28.7 Å². The van der Waals surface area contributed by atoms with E-state index in [0.717, 1.165) is 13.0 Å². The largest absolute Gasteiger partial charge is 0.358 e. The summed E-state index contributed by atoms with van der Waals surface area (Å²) >= 11 is 0. The maximum atomic E-state index is 3.55. The quantitative estimate of drug-likeness (QED) is 0.773. The van der Waals surface area contributed by atoms with Crippen LogP contribution >= 0.6 is 0 Å². The molecule has 0 unspecified atom stereocenters. The van der Waals surface area contributed by atoms with Gasteiger partial charge in [0.2, 0.25) is 0 Å². The summed E-state index contributed by atoms with van der Waals surface area (Å²) in [5.74, 6) is 0. The third kappa shape index (κ3) is 1.45. The van der Waals surface area contributed by atoms with Gasteiger partial charge in [0, 0.05) is 42.1 Å². The zero-order valence-corrected chi connectivity index (χ0v) is 9.96. The van der Waals surface area contributed by atoms with Crippen LogP contribution in [0.15, 0.2) is 24.3 Å². The molecule has 1 aliphatic rings. The topological polar surface area (TPSA) is 19.0 Å². The number of aromatic nitrogens is 1.